The number of benzene rings is 7. The zero-order chi connectivity index (χ0) is 33.1. The van der Waals surface area contributed by atoms with Crippen LogP contribution in [0.25, 0.3) is 93.5 Å². The minimum Gasteiger partial charge on any atom is -0.292 e. The first-order valence-electron chi connectivity index (χ1n) is 17.3. The molecule has 11 rings (SSSR count). The molecule has 234 valence electrons. The maximum Gasteiger partial charge on any atom is 0.147 e. The number of fused-ring (bicyclic) bond motifs is 13. The fourth-order valence-electron chi connectivity index (χ4n) is 8.53. The van der Waals surface area contributed by atoms with Crippen LogP contribution in [-0.2, 0) is 5.41 Å². The van der Waals surface area contributed by atoms with Gasteiger partial charge in [-0.1, -0.05) is 111 Å². The van der Waals surface area contributed by atoms with Crippen molar-refractivity contribution in [2.75, 3.05) is 0 Å². The minimum atomic E-state index is -0.0157. The van der Waals surface area contributed by atoms with Gasteiger partial charge < -0.3 is 0 Å². The molecule has 3 aromatic heterocycles. The van der Waals surface area contributed by atoms with E-state index in [9.17, 15) is 0 Å². The second-order valence-corrected chi connectivity index (χ2v) is 14.3. The van der Waals surface area contributed by atoms with Crippen LogP contribution in [0.3, 0.4) is 0 Å². The predicted octanol–water partition coefficient (Wildman–Crippen LogP) is 12.1. The van der Waals surface area contributed by atoms with E-state index < -0.39 is 0 Å². The summed E-state index contributed by atoms with van der Waals surface area (Å²) in [5.74, 6) is 0. The molecule has 0 unspecified atom stereocenters. The fourth-order valence-corrected chi connectivity index (χ4v) is 8.53. The zero-order valence-electron chi connectivity index (χ0n) is 27.8. The lowest BCUT2D eigenvalue weighted by Gasteiger charge is -2.22. The van der Waals surface area contributed by atoms with Crippen LogP contribution in [0.4, 0.5) is 0 Å². The molecule has 0 radical (unpaired) electrons. The van der Waals surface area contributed by atoms with Gasteiger partial charge in [-0.3, -0.25) is 4.40 Å². The standard InChI is InChI=1S/C47H31N3/c1-47(2)39-11-5-4-10-35(39)36-21-19-33(27-40(36)47)31-18-16-28-23-30(17-15-29(28)24-31)32-20-22-43-37(25-32)45-38(26-34-9-3-6-12-41(34)48-45)46-49-42-13-7-8-14-44(42)50(43)46/h3-27H,1-2H3. The highest BCUT2D eigenvalue weighted by Gasteiger charge is 2.35. The van der Waals surface area contributed by atoms with Crippen molar-refractivity contribution in [1.82, 2.24) is 14.4 Å². The summed E-state index contributed by atoms with van der Waals surface area (Å²) in [6, 6.07) is 55.3. The lowest BCUT2D eigenvalue weighted by Crippen LogP contribution is -2.14. The molecule has 10 aromatic rings. The van der Waals surface area contributed by atoms with Crippen molar-refractivity contribution in [3.8, 4) is 33.4 Å². The Hall–Kier alpha value is -6.32. The summed E-state index contributed by atoms with van der Waals surface area (Å²) in [5.41, 5.74) is 16.5. The molecule has 1 aliphatic carbocycles. The first-order valence-corrected chi connectivity index (χ1v) is 17.3. The topological polar surface area (TPSA) is 30.2 Å². The highest BCUT2D eigenvalue weighted by molar-refractivity contribution is 6.15. The van der Waals surface area contributed by atoms with E-state index in [0.717, 1.165) is 49.4 Å². The Morgan fingerprint density at radius 2 is 1.08 bits per heavy atom. The van der Waals surface area contributed by atoms with Crippen molar-refractivity contribution < 1.29 is 0 Å². The quantitative estimate of drug-likeness (QED) is 0.139. The number of hydrogen-bond donors (Lipinski definition) is 0. The van der Waals surface area contributed by atoms with Gasteiger partial charge in [0, 0.05) is 21.6 Å². The average Bonchev–Trinajstić information content (AvgIpc) is 3.66. The van der Waals surface area contributed by atoms with Gasteiger partial charge >= 0.3 is 0 Å². The van der Waals surface area contributed by atoms with Crippen LogP contribution in [0, 0.1) is 0 Å². The first kappa shape index (κ1) is 27.6. The highest BCUT2D eigenvalue weighted by Crippen LogP contribution is 2.49. The molecule has 0 atom stereocenters. The van der Waals surface area contributed by atoms with Crippen molar-refractivity contribution in [3.63, 3.8) is 0 Å². The van der Waals surface area contributed by atoms with E-state index in [1.807, 2.05) is 0 Å². The molecule has 3 heterocycles. The minimum absolute atomic E-state index is 0.0157. The number of hydrogen-bond acceptors (Lipinski definition) is 2. The molecule has 0 saturated heterocycles. The number of rotatable bonds is 2. The normalized spacial score (nSPS) is 13.6. The Morgan fingerprint density at radius 1 is 0.440 bits per heavy atom. The third-order valence-corrected chi connectivity index (χ3v) is 11.1. The van der Waals surface area contributed by atoms with Gasteiger partial charge in [0.2, 0.25) is 0 Å². The van der Waals surface area contributed by atoms with Gasteiger partial charge in [0.1, 0.15) is 5.65 Å². The molecular formula is C47H31N3. The number of aromatic nitrogens is 3. The summed E-state index contributed by atoms with van der Waals surface area (Å²) in [5, 5.41) is 5.77. The number of pyridine rings is 2. The summed E-state index contributed by atoms with van der Waals surface area (Å²) < 4.78 is 2.30. The third kappa shape index (κ3) is 3.80. The van der Waals surface area contributed by atoms with Gasteiger partial charge in [-0.05, 0) is 110 Å². The maximum absolute atomic E-state index is 5.24. The number of nitrogens with zero attached hydrogens (tertiary/aromatic N) is 3. The van der Waals surface area contributed by atoms with E-state index in [1.165, 1.54) is 55.3 Å². The Morgan fingerprint density at radius 3 is 1.92 bits per heavy atom. The summed E-state index contributed by atoms with van der Waals surface area (Å²) in [6.07, 6.45) is 0. The lowest BCUT2D eigenvalue weighted by molar-refractivity contribution is 0.660. The average molecular weight is 638 g/mol. The van der Waals surface area contributed by atoms with Crippen LogP contribution in [0.1, 0.15) is 25.0 Å². The van der Waals surface area contributed by atoms with Gasteiger partial charge in [-0.15, -0.1) is 0 Å². The third-order valence-electron chi connectivity index (χ3n) is 11.1. The molecule has 50 heavy (non-hydrogen) atoms. The highest BCUT2D eigenvalue weighted by atomic mass is 15.0. The first-order chi connectivity index (χ1) is 24.5. The number of imidazole rings is 1. The molecule has 3 nitrogen and oxygen atoms in total. The van der Waals surface area contributed by atoms with E-state index in [4.69, 9.17) is 9.97 Å². The molecule has 7 aromatic carbocycles. The largest absolute Gasteiger partial charge is 0.292 e. The molecule has 0 N–H and O–H groups in total. The van der Waals surface area contributed by atoms with Gasteiger partial charge in [-0.2, -0.15) is 0 Å². The number of para-hydroxylation sites is 3. The Labute approximate surface area is 289 Å². The molecule has 0 bridgehead atoms. The van der Waals surface area contributed by atoms with Gasteiger partial charge in [0.05, 0.1) is 27.6 Å². The van der Waals surface area contributed by atoms with Crippen LogP contribution in [-0.4, -0.2) is 14.4 Å². The summed E-state index contributed by atoms with van der Waals surface area (Å²) in [4.78, 5) is 10.3. The second kappa shape index (κ2) is 9.87. The summed E-state index contributed by atoms with van der Waals surface area (Å²) >= 11 is 0. The van der Waals surface area contributed by atoms with E-state index >= 15 is 0 Å². The molecule has 0 aliphatic heterocycles. The van der Waals surface area contributed by atoms with E-state index in [1.54, 1.807) is 0 Å². The van der Waals surface area contributed by atoms with Crippen LogP contribution in [0.15, 0.2) is 152 Å². The van der Waals surface area contributed by atoms with Crippen LogP contribution in [0.2, 0.25) is 0 Å². The molecule has 0 amide bonds. The fraction of sp³-hybridized carbons (Fsp3) is 0.0638. The van der Waals surface area contributed by atoms with Crippen molar-refractivity contribution in [1.29, 1.82) is 0 Å². The molecular weight excluding hydrogens is 607 g/mol. The van der Waals surface area contributed by atoms with Crippen molar-refractivity contribution in [2.45, 2.75) is 19.3 Å². The van der Waals surface area contributed by atoms with Crippen molar-refractivity contribution in [2.24, 2.45) is 0 Å². The van der Waals surface area contributed by atoms with Crippen molar-refractivity contribution in [3.05, 3.63) is 163 Å². The Kier molecular flexibility index (Phi) is 5.45. The van der Waals surface area contributed by atoms with E-state index in [2.05, 4.69) is 170 Å². The van der Waals surface area contributed by atoms with Gasteiger partial charge in [0.25, 0.3) is 0 Å². The monoisotopic (exact) mass is 637 g/mol. The van der Waals surface area contributed by atoms with Gasteiger partial charge in [0.15, 0.2) is 0 Å². The smallest absolute Gasteiger partial charge is 0.147 e. The molecule has 0 spiro atoms. The maximum atomic E-state index is 5.24. The van der Waals surface area contributed by atoms with Gasteiger partial charge in [-0.25, -0.2) is 9.97 Å². The molecule has 3 heteroatoms. The van der Waals surface area contributed by atoms with Crippen LogP contribution >= 0.6 is 0 Å². The zero-order valence-corrected chi connectivity index (χ0v) is 27.8. The van der Waals surface area contributed by atoms with E-state index in [0.29, 0.717) is 0 Å². The predicted molar refractivity (Wildman–Crippen MR) is 209 cm³/mol. The molecule has 1 aliphatic rings. The summed E-state index contributed by atoms with van der Waals surface area (Å²) in [6.45, 7) is 4.69. The Bertz CT molecular complexity index is 3070. The van der Waals surface area contributed by atoms with Crippen LogP contribution in [0.5, 0.6) is 0 Å². The van der Waals surface area contributed by atoms with E-state index in [-0.39, 0.29) is 5.41 Å². The van der Waals surface area contributed by atoms with Crippen molar-refractivity contribution >= 4 is 60.2 Å². The Balaban J connectivity index is 1.05. The molecule has 0 saturated carbocycles. The second-order valence-electron chi connectivity index (χ2n) is 14.3. The SMILES string of the molecule is CC1(C)c2ccccc2-c2ccc(-c3ccc4cc(-c5ccc6c(c5)c5nc7ccccc7cc5c5nc7ccccc7n65)ccc4c3)cc21. The summed E-state index contributed by atoms with van der Waals surface area (Å²) in [7, 11) is 0. The molecule has 0 fully saturated rings. The van der Waals surface area contributed by atoms with Crippen LogP contribution < -0.4 is 0 Å². The lowest BCUT2D eigenvalue weighted by atomic mass is 9.81.